The van der Waals surface area contributed by atoms with Gasteiger partial charge in [-0.3, -0.25) is 4.90 Å². The molecular weight excluding hydrogens is 418 g/mol. The third kappa shape index (κ3) is 3.98. The van der Waals surface area contributed by atoms with Gasteiger partial charge in [0, 0.05) is 19.0 Å². The monoisotopic (exact) mass is 446 g/mol. The lowest BCUT2D eigenvalue weighted by Crippen LogP contribution is -2.28. The number of hydrogen-bond donors (Lipinski definition) is 1. The molecule has 4 aromatic rings. The Morgan fingerprint density at radius 2 is 1.94 bits per heavy atom. The number of aromatic nitrogens is 3. The van der Waals surface area contributed by atoms with Crippen molar-refractivity contribution in [2.45, 2.75) is 26.3 Å². The molecule has 2 aromatic carbocycles. The third-order valence-corrected chi connectivity index (χ3v) is 6.25. The summed E-state index contributed by atoms with van der Waals surface area (Å²) >= 11 is 0. The van der Waals surface area contributed by atoms with Crippen molar-refractivity contribution < 1.29 is 14.5 Å². The molecule has 0 aliphatic carbocycles. The summed E-state index contributed by atoms with van der Waals surface area (Å²) in [6, 6.07) is 11.7. The van der Waals surface area contributed by atoms with Crippen molar-refractivity contribution >= 4 is 28.2 Å². The van der Waals surface area contributed by atoms with Gasteiger partial charge in [-0.2, -0.15) is 0 Å². The van der Waals surface area contributed by atoms with Crippen LogP contribution in [-0.4, -0.2) is 48.1 Å². The summed E-state index contributed by atoms with van der Waals surface area (Å²) < 4.78 is 12.3. The van der Waals surface area contributed by atoms with Crippen LogP contribution < -0.4 is 20.0 Å². The van der Waals surface area contributed by atoms with Crippen LogP contribution in [0.4, 0.5) is 0 Å². The van der Waals surface area contributed by atoms with Crippen molar-refractivity contribution in [1.29, 1.82) is 0 Å². The zero-order chi connectivity index (χ0) is 22.9. The fraction of sp³-hybridized carbons (Fsp3) is 0.320. The fourth-order valence-corrected chi connectivity index (χ4v) is 4.53. The van der Waals surface area contributed by atoms with Crippen molar-refractivity contribution in [3.63, 3.8) is 0 Å². The van der Waals surface area contributed by atoms with Crippen LogP contribution in [0.25, 0.3) is 21.9 Å². The lowest BCUT2D eigenvalue weighted by Gasteiger charge is -2.17. The van der Waals surface area contributed by atoms with Crippen LogP contribution in [0.5, 0.6) is 11.5 Å². The van der Waals surface area contributed by atoms with Gasteiger partial charge in [-0.15, -0.1) is 0 Å². The lowest BCUT2D eigenvalue weighted by molar-refractivity contribution is -0.362. The maximum atomic E-state index is 13.2. The molecule has 8 heteroatoms. The Kier molecular flexibility index (Phi) is 5.60. The average molecular weight is 447 g/mol. The fourth-order valence-electron chi connectivity index (χ4n) is 4.53. The van der Waals surface area contributed by atoms with Crippen molar-refractivity contribution in [2.75, 3.05) is 27.3 Å². The van der Waals surface area contributed by atoms with Crippen LogP contribution in [-0.2, 0) is 6.54 Å². The minimum atomic E-state index is -0.210. The summed E-state index contributed by atoms with van der Waals surface area (Å²) in [4.78, 5) is 22.2. The Morgan fingerprint density at radius 1 is 1.12 bits per heavy atom. The van der Waals surface area contributed by atoms with Gasteiger partial charge in [0.05, 0.1) is 31.3 Å². The highest BCUT2D eigenvalue weighted by Crippen LogP contribution is 2.25. The Bertz CT molecular complexity index is 1410. The van der Waals surface area contributed by atoms with E-state index in [0.717, 1.165) is 58.7 Å². The molecule has 0 saturated carbocycles. The standard InChI is InChI=1S/C25H27N5O3/c1-16-27-23-20-13-19(32-2)7-8-21(20)28-24(23)25(31)30(16)26-14-17-6-9-22(33-3)18(12-17)15-29-10-4-5-11-29/h6-9,12-14,28H,4-5,10-11,15H2,1-3H3/p+1/b26-14+. The predicted molar refractivity (Wildman–Crippen MR) is 128 cm³/mol. The number of fused-ring (bicyclic) bond motifs is 3. The molecule has 0 amide bonds. The summed E-state index contributed by atoms with van der Waals surface area (Å²) in [5.74, 6) is 2.25. The average Bonchev–Trinajstić information content (AvgIpc) is 3.46. The molecule has 5 rings (SSSR count). The number of aryl methyl sites for hydroxylation is 1. The number of ether oxygens (including phenoxy) is 2. The van der Waals surface area contributed by atoms with Crippen molar-refractivity contribution in [1.82, 2.24) is 14.6 Å². The molecule has 1 aliphatic heterocycles. The van der Waals surface area contributed by atoms with Gasteiger partial charge >= 0.3 is 5.56 Å². The first-order valence-corrected chi connectivity index (χ1v) is 11.2. The van der Waals surface area contributed by atoms with Crippen LogP contribution in [0.1, 0.15) is 29.8 Å². The Morgan fingerprint density at radius 3 is 2.70 bits per heavy atom. The number of benzene rings is 2. The number of rotatable bonds is 6. The molecule has 1 aliphatic rings. The number of H-pyrrole nitrogens is 2. The zero-order valence-electron chi connectivity index (χ0n) is 19.1. The normalized spacial score (nSPS) is 14.6. The first kappa shape index (κ1) is 21.2. The van der Waals surface area contributed by atoms with E-state index in [-0.39, 0.29) is 5.56 Å². The lowest BCUT2D eigenvalue weighted by atomic mass is 10.1. The number of hydrogen-bond acceptors (Lipinski definition) is 5. The zero-order valence-corrected chi connectivity index (χ0v) is 19.1. The van der Waals surface area contributed by atoms with Gasteiger partial charge in [-0.25, -0.2) is 9.78 Å². The van der Waals surface area contributed by atoms with Crippen molar-refractivity contribution in [2.24, 2.45) is 5.10 Å². The minimum Gasteiger partial charge on any atom is -0.497 e. The van der Waals surface area contributed by atoms with E-state index >= 15 is 0 Å². The second-order valence-corrected chi connectivity index (χ2v) is 8.41. The van der Waals surface area contributed by atoms with Gasteiger partial charge in [-0.1, -0.05) is 9.78 Å². The maximum absolute atomic E-state index is 13.2. The largest absolute Gasteiger partial charge is 0.497 e. The van der Waals surface area contributed by atoms with Crippen LogP contribution in [0.15, 0.2) is 46.3 Å². The molecule has 0 radical (unpaired) electrons. The molecular formula is C25H28N5O3+. The van der Waals surface area contributed by atoms with E-state index in [2.05, 4.69) is 26.0 Å². The highest BCUT2D eigenvalue weighted by Gasteiger charge is 2.20. The molecule has 0 unspecified atom stereocenters. The Balaban J connectivity index is 1.51. The highest BCUT2D eigenvalue weighted by molar-refractivity contribution is 6.03. The van der Waals surface area contributed by atoms with Crippen molar-refractivity contribution in [3.05, 3.63) is 63.7 Å². The van der Waals surface area contributed by atoms with E-state index in [0.29, 0.717) is 11.3 Å². The maximum Gasteiger partial charge on any atom is 0.387 e. The third-order valence-electron chi connectivity index (χ3n) is 6.25. The van der Waals surface area contributed by atoms with E-state index in [4.69, 9.17) is 9.47 Å². The molecule has 8 nitrogen and oxygen atoms in total. The van der Waals surface area contributed by atoms with E-state index in [1.54, 1.807) is 20.4 Å². The molecule has 0 atom stereocenters. The van der Waals surface area contributed by atoms with Crippen LogP contribution >= 0.6 is 0 Å². The molecule has 0 spiro atoms. The topological polar surface area (TPSA) is 86.0 Å². The molecule has 2 N–H and O–H groups in total. The van der Waals surface area contributed by atoms with E-state index in [1.807, 2.05) is 37.3 Å². The number of likely N-dealkylation sites (tertiary alicyclic amines) is 1. The van der Waals surface area contributed by atoms with E-state index in [9.17, 15) is 4.79 Å². The van der Waals surface area contributed by atoms with Gasteiger partial charge in [0.2, 0.25) is 0 Å². The minimum absolute atomic E-state index is 0.210. The Hall–Kier alpha value is -3.65. The summed E-state index contributed by atoms with van der Waals surface area (Å²) in [5.41, 5.74) is 3.91. The van der Waals surface area contributed by atoms with E-state index < -0.39 is 0 Å². The van der Waals surface area contributed by atoms with E-state index in [1.165, 1.54) is 17.5 Å². The van der Waals surface area contributed by atoms with Gasteiger partial charge in [-0.05, 0) is 67.9 Å². The first-order valence-electron chi connectivity index (χ1n) is 11.2. The summed E-state index contributed by atoms with van der Waals surface area (Å²) in [5, 5.41) is 5.41. The number of methoxy groups -OCH3 is 2. The number of nitrogens with one attached hydrogen (secondary N) is 2. The Labute approximate surface area is 191 Å². The van der Waals surface area contributed by atoms with Crippen LogP contribution in [0.3, 0.4) is 0 Å². The smallest absolute Gasteiger partial charge is 0.387 e. The second kappa shape index (κ2) is 8.71. The highest BCUT2D eigenvalue weighted by atomic mass is 16.5. The molecule has 3 heterocycles. The molecule has 2 aromatic heterocycles. The molecule has 33 heavy (non-hydrogen) atoms. The summed E-state index contributed by atoms with van der Waals surface area (Å²) in [6.45, 7) is 4.91. The number of aromatic amines is 2. The second-order valence-electron chi connectivity index (χ2n) is 8.41. The molecule has 1 fully saturated rings. The summed E-state index contributed by atoms with van der Waals surface area (Å²) in [6.07, 6.45) is 4.20. The SMILES string of the molecule is COc1ccc2[nH]c3c(=O)n(/N=C/c4ccc(OC)c(CN5CCCC5)c4)c(C)[nH+]c3c2c1. The van der Waals surface area contributed by atoms with Crippen molar-refractivity contribution in [3.8, 4) is 11.5 Å². The van der Waals surface area contributed by atoms with Gasteiger partial charge in [0.1, 0.15) is 11.5 Å². The molecule has 170 valence electrons. The number of nitrogens with zero attached hydrogens (tertiary/aromatic N) is 3. The molecule has 0 bridgehead atoms. The predicted octanol–water partition coefficient (Wildman–Crippen LogP) is 3.10. The first-order chi connectivity index (χ1) is 16.1. The molecule has 1 saturated heterocycles. The quantitative estimate of drug-likeness (QED) is 0.461. The van der Waals surface area contributed by atoms with Gasteiger partial charge in [0.25, 0.3) is 5.82 Å². The summed E-state index contributed by atoms with van der Waals surface area (Å²) in [7, 11) is 3.32. The van der Waals surface area contributed by atoms with Gasteiger partial charge in [0.15, 0.2) is 11.0 Å². The van der Waals surface area contributed by atoms with Gasteiger partial charge < -0.3 is 14.5 Å². The van der Waals surface area contributed by atoms with Crippen LogP contribution in [0, 0.1) is 6.92 Å². The van der Waals surface area contributed by atoms with Crippen LogP contribution in [0.2, 0.25) is 0 Å².